The lowest BCUT2D eigenvalue weighted by atomic mass is 10.0. The van der Waals surface area contributed by atoms with Gasteiger partial charge in [0.05, 0.1) is 16.1 Å². The van der Waals surface area contributed by atoms with E-state index in [1.807, 2.05) is 0 Å². The van der Waals surface area contributed by atoms with Crippen molar-refractivity contribution in [3.05, 3.63) is 86.6 Å². The fourth-order valence-electron chi connectivity index (χ4n) is 3.84. The topological polar surface area (TPSA) is 127 Å². The molecule has 4 rings (SSSR count). The van der Waals surface area contributed by atoms with E-state index in [2.05, 4.69) is 0 Å². The van der Waals surface area contributed by atoms with Crippen LogP contribution in [0.1, 0.15) is 40.1 Å². The second-order valence-electron chi connectivity index (χ2n) is 7.90. The number of hydrogen-bond acceptors (Lipinski definition) is 7. The van der Waals surface area contributed by atoms with Gasteiger partial charge in [-0.05, 0) is 49.2 Å². The summed E-state index contributed by atoms with van der Waals surface area (Å²) in [4.78, 5) is 63.3. The molecule has 34 heavy (non-hydrogen) atoms. The molecule has 0 radical (unpaired) electrons. The lowest BCUT2D eigenvalue weighted by Crippen LogP contribution is -2.69. The highest BCUT2D eigenvalue weighted by molar-refractivity contribution is 6.30. The molecule has 174 valence electrons. The first-order valence-corrected chi connectivity index (χ1v) is 10.6. The van der Waals surface area contributed by atoms with E-state index in [4.69, 9.17) is 16.3 Å². The number of likely N-dealkylation sites (tertiary alicyclic amines) is 1. The van der Waals surface area contributed by atoms with Gasteiger partial charge < -0.3 is 4.74 Å². The lowest BCUT2D eigenvalue weighted by molar-refractivity contribution is -0.384. The summed E-state index contributed by atoms with van der Waals surface area (Å²) in [5.74, 6) is -2.76. The normalized spacial score (nSPS) is 19.0. The van der Waals surface area contributed by atoms with Crippen LogP contribution in [-0.4, -0.2) is 50.0 Å². The zero-order chi connectivity index (χ0) is 24.7. The van der Waals surface area contributed by atoms with Gasteiger partial charge in [0.2, 0.25) is 0 Å². The fourth-order valence-corrected chi connectivity index (χ4v) is 4.26. The summed E-state index contributed by atoms with van der Waals surface area (Å²) < 4.78 is 5.29. The van der Waals surface area contributed by atoms with Crippen molar-refractivity contribution in [3.8, 4) is 0 Å². The summed E-state index contributed by atoms with van der Waals surface area (Å²) in [6, 6.07) is 10.4. The van der Waals surface area contributed by atoms with Crippen molar-refractivity contribution in [2.75, 3.05) is 0 Å². The van der Waals surface area contributed by atoms with Crippen molar-refractivity contribution in [2.45, 2.75) is 32.0 Å². The highest BCUT2D eigenvalue weighted by Crippen LogP contribution is 2.37. The van der Waals surface area contributed by atoms with Gasteiger partial charge in [-0.1, -0.05) is 23.7 Å². The molecule has 0 aromatic heterocycles. The molecular formula is C23H18ClN3O7. The summed E-state index contributed by atoms with van der Waals surface area (Å²) in [5.41, 5.74) is -0.0383. The molecule has 11 heteroatoms. The Bertz CT molecular complexity index is 1230. The van der Waals surface area contributed by atoms with Gasteiger partial charge in [0.15, 0.2) is 6.04 Å². The number of alkyl halides is 1. The van der Waals surface area contributed by atoms with E-state index in [1.54, 1.807) is 26.0 Å². The Kier molecular flexibility index (Phi) is 5.92. The van der Waals surface area contributed by atoms with E-state index in [-0.39, 0.29) is 29.1 Å². The number of carbonyl (C=O) groups is 4. The maximum Gasteiger partial charge on any atom is 0.355 e. The maximum atomic E-state index is 13.0. The number of allylic oxidation sites excluding steroid dienone is 1. The number of rotatable bonds is 6. The lowest BCUT2D eigenvalue weighted by Gasteiger charge is -2.46. The second kappa shape index (κ2) is 8.71. The van der Waals surface area contributed by atoms with Crippen LogP contribution >= 0.6 is 11.6 Å². The minimum atomic E-state index is -1.26. The van der Waals surface area contributed by atoms with E-state index in [9.17, 15) is 29.3 Å². The van der Waals surface area contributed by atoms with E-state index in [1.165, 1.54) is 36.4 Å². The van der Waals surface area contributed by atoms with Gasteiger partial charge in [0.25, 0.3) is 23.4 Å². The number of benzene rings is 2. The van der Waals surface area contributed by atoms with Crippen LogP contribution in [0.15, 0.2) is 59.8 Å². The summed E-state index contributed by atoms with van der Waals surface area (Å²) in [7, 11) is 0. The highest BCUT2D eigenvalue weighted by Gasteiger charge is 2.57. The Balaban J connectivity index is 1.48. The Morgan fingerprint density at radius 3 is 2.06 bits per heavy atom. The molecule has 10 nitrogen and oxygen atoms in total. The van der Waals surface area contributed by atoms with Crippen LogP contribution in [0.25, 0.3) is 0 Å². The van der Waals surface area contributed by atoms with Crippen molar-refractivity contribution in [3.63, 3.8) is 0 Å². The standard InChI is InChI=1S/C23H18ClN3O7/c1-12(2)17(23(31)34-11-13-7-9-14(10-8-13)27(32)33)25-19(24)18(22(25)30)26-20(28)15-5-3-4-6-16(15)21(26)29/h3-10,18-19H,11H2,1-2H3/t18-,19+/m1/s1. The number of nitro benzene ring substituents is 1. The highest BCUT2D eigenvalue weighted by atomic mass is 35.5. The Morgan fingerprint density at radius 2 is 1.59 bits per heavy atom. The molecule has 2 aromatic carbocycles. The van der Waals surface area contributed by atoms with Crippen LogP contribution in [0.5, 0.6) is 0 Å². The number of β-lactam (4-membered cyclic amide) rings is 1. The molecule has 0 N–H and O–H groups in total. The molecule has 1 saturated heterocycles. The number of hydrogen-bond donors (Lipinski definition) is 0. The number of carbonyl (C=O) groups excluding carboxylic acids is 4. The minimum Gasteiger partial charge on any atom is -0.456 e. The number of imide groups is 1. The number of nitrogens with zero attached hydrogens (tertiary/aromatic N) is 3. The van der Waals surface area contributed by atoms with E-state index >= 15 is 0 Å². The molecule has 1 fully saturated rings. The number of non-ortho nitro benzene ring substituents is 1. The molecule has 2 aromatic rings. The zero-order valence-electron chi connectivity index (χ0n) is 18.1. The Labute approximate surface area is 198 Å². The largest absolute Gasteiger partial charge is 0.456 e. The average molecular weight is 484 g/mol. The number of amides is 3. The molecule has 2 heterocycles. The van der Waals surface area contributed by atoms with Crippen molar-refractivity contribution < 1.29 is 28.8 Å². The predicted octanol–water partition coefficient (Wildman–Crippen LogP) is 3.00. The molecule has 3 amide bonds. The zero-order valence-corrected chi connectivity index (χ0v) is 18.8. The third-order valence-corrected chi connectivity index (χ3v) is 5.96. The van der Waals surface area contributed by atoms with E-state index in [0.29, 0.717) is 11.1 Å². The van der Waals surface area contributed by atoms with Crippen molar-refractivity contribution in [1.29, 1.82) is 0 Å². The second-order valence-corrected chi connectivity index (χ2v) is 8.35. The van der Waals surface area contributed by atoms with Gasteiger partial charge in [-0.3, -0.25) is 34.3 Å². The molecule has 2 atom stereocenters. The van der Waals surface area contributed by atoms with Gasteiger partial charge in [-0.15, -0.1) is 0 Å². The number of halogens is 1. The number of nitro groups is 1. The first-order valence-electron chi connectivity index (χ1n) is 10.2. The average Bonchev–Trinajstić information content (AvgIpc) is 3.06. The third kappa shape index (κ3) is 3.71. The Hall–Kier alpha value is -4.05. The van der Waals surface area contributed by atoms with Crippen LogP contribution in [0.2, 0.25) is 0 Å². The molecular weight excluding hydrogens is 466 g/mol. The molecule has 0 bridgehead atoms. The summed E-state index contributed by atoms with van der Waals surface area (Å²) in [5, 5.41) is 10.8. The summed E-state index contributed by atoms with van der Waals surface area (Å²) >= 11 is 6.43. The molecule has 0 saturated carbocycles. The number of fused-ring (bicyclic) bond motifs is 1. The van der Waals surface area contributed by atoms with Gasteiger partial charge in [-0.2, -0.15) is 0 Å². The van der Waals surface area contributed by atoms with Crippen molar-refractivity contribution in [1.82, 2.24) is 9.80 Å². The molecule has 0 spiro atoms. The van der Waals surface area contributed by atoms with Crippen molar-refractivity contribution in [2.24, 2.45) is 0 Å². The van der Waals surface area contributed by atoms with Gasteiger partial charge in [0.1, 0.15) is 17.8 Å². The summed E-state index contributed by atoms with van der Waals surface area (Å²) in [6.07, 6.45) is 0. The van der Waals surface area contributed by atoms with Crippen LogP contribution in [-0.2, 0) is 20.9 Å². The maximum absolute atomic E-state index is 13.0. The van der Waals surface area contributed by atoms with Crippen LogP contribution in [0.4, 0.5) is 5.69 Å². The number of ether oxygens (including phenoxy) is 1. The van der Waals surface area contributed by atoms with E-state index in [0.717, 1.165) is 9.80 Å². The summed E-state index contributed by atoms with van der Waals surface area (Å²) in [6.45, 7) is 2.99. The fraction of sp³-hybridized carbons (Fsp3) is 0.217. The van der Waals surface area contributed by atoms with Crippen molar-refractivity contribution >= 4 is 41.0 Å². The first-order chi connectivity index (χ1) is 16.1. The van der Waals surface area contributed by atoms with Crippen LogP contribution in [0.3, 0.4) is 0 Å². The van der Waals surface area contributed by atoms with E-state index < -0.39 is 40.2 Å². The number of esters is 1. The predicted molar refractivity (Wildman–Crippen MR) is 118 cm³/mol. The Morgan fingerprint density at radius 1 is 1.03 bits per heavy atom. The van der Waals surface area contributed by atoms with Gasteiger partial charge in [0, 0.05) is 12.1 Å². The first kappa shape index (κ1) is 23.1. The molecule has 2 aliphatic rings. The molecule has 2 aliphatic heterocycles. The smallest absolute Gasteiger partial charge is 0.355 e. The molecule has 0 unspecified atom stereocenters. The van der Waals surface area contributed by atoms with Gasteiger partial charge in [-0.25, -0.2) is 4.79 Å². The monoisotopic (exact) mass is 483 g/mol. The van der Waals surface area contributed by atoms with Crippen LogP contribution < -0.4 is 0 Å². The minimum absolute atomic E-state index is 0.0974. The molecule has 0 aliphatic carbocycles. The van der Waals surface area contributed by atoms with Gasteiger partial charge >= 0.3 is 5.97 Å². The van der Waals surface area contributed by atoms with Crippen LogP contribution in [0, 0.1) is 10.1 Å². The SMILES string of the molecule is CC(C)=C(C(=O)OCc1ccc([N+](=O)[O-])cc1)N1C(=O)[C@H](N2C(=O)c3ccccc3C2=O)[C@H]1Cl. The third-order valence-electron chi connectivity index (χ3n) is 5.53. The quantitative estimate of drug-likeness (QED) is 0.0902.